The van der Waals surface area contributed by atoms with Gasteiger partial charge in [0.25, 0.3) is 17.6 Å². The van der Waals surface area contributed by atoms with Crippen LogP contribution in [0.5, 0.6) is 0 Å². The highest BCUT2D eigenvalue weighted by Crippen LogP contribution is 2.54. The van der Waals surface area contributed by atoms with Crippen LogP contribution in [0.25, 0.3) is 5.76 Å². The number of carbonyl (C=O) groups is 3. The summed E-state index contributed by atoms with van der Waals surface area (Å²) in [7, 11) is -3.88. The summed E-state index contributed by atoms with van der Waals surface area (Å²) < 4.78 is 28.3. The standard InChI is InChI=1S/C32H30N4O6S/c1-2-16-35-26-14-5-4-13-25(26)32(31(35)40)27(29(38)30(39)36(32)21-22-10-9-15-33-20-22)28(37)23-11-8-12-24(19-23)43(41,42)34-17-6-3-7-18-34/h2,4-5,8-15,19-20,37H,1,3,6-7,16-18,21H2/b28-27+. The number of fused-ring (bicyclic) bond motifs is 2. The van der Waals surface area contributed by atoms with Gasteiger partial charge >= 0.3 is 0 Å². The van der Waals surface area contributed by atoms with E-state index in [4.69, 9.17) is 0 Å². The van der Waals surface area contributed by atoms with Crippen LogP contribution in [-0.2, 0) is 36.5 Å². The molecule has 6 rings (SSSR count). The lowest BCUT2D eigenvalue weighted by molar-refractivity contribution is -0.144. The summed E-state index contributed by atoms with van der Waals surface area (Å²) in [5.41, 5.74) is -1.02. The van der Waals surface area contributed by atoms with Crippen LogP contribution in [0.2, 0.25) is 0 Å². The van der Waals surface area contributed by atoms with Crippen LogP contribution >= 0.6 is 0 Å². The van der Waals surface area contributed by atoms with E-state index < -0.39 is 44.5 Å². The number of anilines is 1. The minimum atomic E-state index is -3.88. The fraction of sp³-hybridized carbons (Fsp3) is 0.250. The molecule has 3 aliphatic heterocycles. The molecule has 220 valence electrons. The number of sulfonamides is 1. The predicted octanol–water partition coefficient (Wildman–Crippen LogP) is 3.56. The molecule has 1 atom stereocenters. The molecule has 43 heavy (non-hydrogen) atoms. The van der Waals surface area contributed by atoms with Gasteiger partial charge in [-0.15, -0.1) is 6.58 Å². The number of para-hydroxylation sites is 1. The van der Waals surface area contributed by atoms with Crippen molar-refractivity contribution in [3.63, 3.8) is 0 Å². The molecule has 2 aromatic carbocycles. The number of likely N-dealkylation sites (tertiary alicyclic amines) is 1. The molecule has 1 unspecified atom stereocenters. The summed E-state index contributed by atoms with van der Waals surface area (Å²) in [6.07, 6.45) is 7.10. The van der Waals surface area contributed by atoms with Crippen molar-refractivity contribution in [2.45, 2.75) is 36.2 Å². The minimum Gasteiger partial charge on any atom is -0.507 e. The molecule has 11 heteroatoms. The van der Waals surface area contributed by atoms with Gasteiger partial charge < -0.3 is 14.9 Å². The topological polar surface area (TPSA) is 128 Å². The van der Waals surface area contributed by atoms with E-state index in [1.54, 1.807) is 42.6 Å². The molecule has 10 nitrogen and oxygen atoms in total. The first-order valence-electron chi connectivity index (χ1n) is 14.0. The Morgan fingerprint density at radius 2 is 1.77 bits per heavy atom. The van der Waals surface area contributed by atoms with Gasteiger partial charge in [-0.1, -0.05) is 48.9 Å². The van der Waals surface area contributed by atoms with Crippen molar-refractivity contribution in [3.05, 3.63) is 108 Å². The first kappa shape index (κ1) is 28.5. The number of hydrogen-bond acceptors (Lipinski definition) is 7. The molecule has 4 heterocycles. The lowest BCUT2D eigenvalue weighted by Gasteiger charge is -2.34. The Hall–Kier alpha value is -4.61. The normalized spacial score (nSPS) is 21.9. The largest absolute Gasteiger partial charge is 0.507 e. The second-order valence-electron chi connectivity index (χ2n) is 10.7. The van der Waals surface area contributed by atoms with E-state index in [0.29, 0.717) is 29.9 Å². The molecule has 1 aromatic heterocycles. The molecule has 2 fully saturated rings. The van der Waals surface area contributed by atoms with Crippen LogP contribution in [0.15, 0.2) is 96.2 Å². The highest BCUT2D eigenvalue weighted by molar-refractivity contribution is 7.89. The van der Waals surface area contributed by atoms with Gasteiger partial charge in [0, 0.05) is 49.7 Å². The minimum absolute atomic E-state index is 0.00397. The smallest absolute Gasteiger partial charge is 0.296 e. The summed E-state index contributed by atoms with van der Waals surface area (Å²) in [5.74, 6) is -3.25. The first-order chi connectivity index (χ1) is 20.7. The van der Waals surface area contributed by atoms with Crippen LogP contribution in [0.3, 0.4) is 0 Å². The molecule has 1 N–H and O–H groups in total. The number of ketones is 1. The van der Waals surface area contributed by atoms with Crippen molar-refractivity contribution in [2.75, 3.05) is 24.5 Å². The highest BCUT2D eigenvalue weighted by atomic mass is 32.2. The number of benzene rings is 2. The van der Waals surface area contributed by atoms with E-state index in [0.717, 1.165) is 19.3 Å². The fourth-order valence-corrected chi connectivity index (χ4v) is 7.84. The van der Waals surface area contributed by atoms with Gasteiger partial charge in [-0.2, -0.15) is 4.31 Å². The maximum atomic E-state index is 14.5. The molecule has 2 saturated heterocycles. The number of carbonyl (C=O) groups excluding carboxylic acids is 3. The van der Waals surface area contributed by atoms with Gasteiger partial charge in [0.15, 0.2) is 5.54 Å². The van der Waals surface area contributed by atoms with Gasteiger partial charge in [-0.3, -0.25) is 19.4 Å². The number of nitrogens with zero attached hydrogens (tertiary/aromatic N) is 4. The zero-order valence-electron chi connectivity index (χ0n) is 23.3. The summed E-state index contributed by atoms with van der Waals surface area (Å²) in [5, 5.41) is 11.8. The molecule has 1 spiro atoms. The number of pyridine rings is 1. The number of aromatic nitrogens is 1. The predicted molar refractivity (Wildman–Crippen MR) is 159 cm³/mol. The number of amides is 2. The molecule has 0 bridgehead atoms. The molecule has 3 aliphatic rings. The Morgan fingerprint density at radius 1 is 1.00 bits per heavy atom. The van der Waals surface area contributed by atoms with E-state index in [1.165, 1.54) is 50.6 Å². The first-order valence-corrected chi connectivity index (χ1v) is 15.5. The van der Waals surface area contributed by atoms with Crippen LogP contribution in [0, 0.1) is 0 Å². The van der Waals surface area contributed by atoms with Crippen molar-refractivity contribution in [1.29, 1.82) is 0 Å². The monoisotopic (exact) mass is 598 g/mol. The third-order valence-electron chi connectivity index (χ3n) is 8.24. The Balaban J connectivity index is 1.57. The maximum Gasteiger partial charge on any atom is 0.296 e. The molecule has 2 amide bonds. The fourth-order valence-electron chi connectivity index (χ4n) is 6.27. The maximum absolute atomic E-state index is 14.5. The number of aliphatic hydroxyl groups excluding tert-OH is 1. The molecule has 0 aliphatic carbocycles. The highest BCUT2D eigenvalue weighted by Gasteiger charge is 2.67. The quantitative estimate of drug-likeness (QED) is 0.191. The Labute approximate surface area is 249 Å². The lowest BCUT2D eigenvalue weighted by atomic mass is 9.81. The number of hydrogen-bond donors (Lipinski definition) is 1. The van der Waals surface area contributed by atoms with E-state index in [2.05, 4.69) is 11.6 Å². The SMILES string of the molecule is C=CCN1C(=O)C2(/C(=C(/O)c3cccc(S(=O)(=O)N4CCCCC4)c3)C(=O)C(=O)N2Cc2cccnc2)c2ccccc21. The van der Waals surface area contributed by atoms with Gasteiger partial charge in [-0.05, 0) is 42.7 Å². The number of piperidine rings is 1. The average molecular weight is 599 g/mol. The van der Waals surface area contributed by atoms with Gasteiger partial charge in [0.2, 0.25) is 10.0 Å². The Bertz CT molecular complexity index is 1780. The summed E-state index contributed by atoms with van der Waals surface area (Å²) in [4.78, 5) is 48.9. The Morgan fingerprint density at radius 3 is 2.49 bits per heavy atom. The van der Waals surface area contributed by atoms with E-state index in [1.807, 2.05) is 0 Å². The van der Waals surface area contributed by atoms with E-state index in [9.17, 15) is 27.9 Å². The van der Waals surface area contributed by atoms with E-state index >= 15 is 0 Å². The van der Waals surface area contributed by atoms with E-state index in [-0.39, 0.29) is 23.5 Å². The molecule has 0 saturated carbocycles. The number of aliphatic hydroxyl groups is 1. The second kappa shape index (κ2) is 10.9. The van der Waals surface area contributed by atoms with Crippen LogP contribution in [0.1, 0.15) is 36.0 Å². The molecule has 3 aromatic rings. The van der Waals surface area contributed by atoms with Crippen molar-refractivity contribution in [3.8, 4) is 0 Å². The van der Waals surface area contributed by atoms with Gasteiger partial charge in [0.05, 0.1) is 16.2 Å². The third-order valence-corrected chi connectivity index (χ3v) is 10.1. The second-order valence-corrected chi connectivity index (χ2v) is 12.7. The van der Waals surface area contributed by atoms with Crippen LogP contribution < -0.4 is 4.90 Å². The molecular formula is C32H30N4O6S. The van der Waals surface area contributed by atoms with Crippen molar-refractivity contribution in [2.24, 2.45) is 0 Å². The third kappa shape index (κ3) is 4.38. The molecular weight excluding hydrogens is 568 g/mol. The van der Waals surface area contributed by atoms with Crippen LogP contribution in [0.4, 0.5) is 5.69 Å². The number of rotatable bonds is 7. The summed E-state index contributed by atoms with van der Waals surface area (Å²) in [6, 6.07) is 15.9. The van der Waals surface area contributed by atoms with Crippen LogP contribution in [-0.4, -0.2) is 64.9 Å². The summed E-state index contributed by atoms with van der Waals surface area (Å²) >= 11 is 0. The summed E-state index contributed by atoms with van der Waals surface area (Å²) in [6.45, 7) is 4.51. The van der Waals surface area contributed by atoms with Crippen molar-refractivity contribution >= 4 is 39.1 Å². The lowest BCUT2D eigenvalue weighted by Crippen LogP contribution is -2.51. The van der Waals surface area contributed by atoms with Crippen molar-refractivity contribution in [1.82, 2.24) is 14.2 Å². The zero-order valence-corrected chi connectivity index (χ0v) is 24.2. The van der Waals surface area contributed by atoms with Gasteiger partial charge in [-0.25, -0.2) is 8.42 Å². The Kier molecular flexibility index (Phi) is 7.23. The zero-order chi connectivity index (χ0) is 30.4. The van der Waals surface area contributed by atoms with Crippen molar-refractivity contribution < 1.29 is 27.9 Å². The number of Topliss-reactive ketones (excluding diaryl/α,β-unsaturated/α-hetero) is 1. The average Bonchev–Trinajstić information content (AvgIpc) is 3.41. The molecule has 0 radical (unpaired) electrons. The van der Waals surface area contributed by atoms with Gasteiger partial charge in [0.1, 0.15) is 5.76 Å².